The molecule has 0 aliphatic carbocycles. The number of anilines is 1. The van der Waals surface area contributed by atoms with Gasteiger partial charge in [0.15, 0.2) is 0 Å². The number of hydrogen-bond acceptors (Lipinski definition) is 5. The van der Waals surface area contributed by atoms with E-state index in [2.05, 4.69) is 5.10 Å². The Morgan fingerprint density at radius 1 is 1.33 bits per heavy atom. The molecular weight excluding hydrogens is 234 g/mol. The van der Waals surface area contributed by atoms with Crippen LogP contribution in [-0.2, 0) is 10.0 Å². The van der Waals surface area contributed by atoms with Crippen LogP contribution >= 0.6 is 11.8 Å². The van der Waals surface area contributed by atoms with Crippen molar-refractivity contribution in [1.82, 2.24) is 0 Å². The zero-order valence-corrected chi connectivity index (χ0v) is 9.33. The number of nitrogens with zero attached hydrogens (tertiary/aromatic N) is 2. The van der Waals surface area contributed by atoms with Gasteiger partial charge in [0.25, 0.3) is 0 Å². The number of rotatable bonds is 2. The van der Waals surface area contributed by atoms with Crippen molar-refractivity contribution < 1.29 is 8.42 Å². The molecular formula is C8H9N3O2S2. The summed E-state index contributed by atoms with van der Waals surface area (Å²) in [7, 11) is -3.61. The van der Waals surface area contributed by atoms with Gasteiger partial charge in [-0.2, -0.15) is 5.10 Å². The maximum absolute atomic E-state index is 11.0. The first-order chi connectivity index (χ1) is 7.07. The third kappa shape index (κ3) is 2.31. The number of hydrazone groups is 1. The fraction of sp³-hybridized carbons (Fsp3) is 0.125. The molecule has 0 aromatic heterocycles. The van der Waals surface area contributed by atoms with Crippen molar-refractivity contribution >= 4 is 33.0 Å². The first-order valence-electron chi connectivity index (χ1n) is 4.12. The van der Waals surface area contributed by atoms with Crippen LogP contribution in [-0.4, -0.2) is 19.8 Å². The number of nitrogens with two attached hydrogens (primary N) is 1. The maximum atomic E-state index is 11.0. The van der Waals surface area contributed by atoms with E-state index < -0.39 is 10.0 Å². The molecule has 1 aliphatic heterocycles. The first kappa shape index (κ1) is 10.5. The molecule has 2 N–H and O–H groups in total. The Labute approximate surface area is 92.0 Å². The standard InChI is InChI=1S/C8H9N3O2S2/c9-15(12,13)8-3-1-7(2-4-8)11-6-14-5-10-11/h1-5H,6H2,(H2,9,12,13). The highest BCUT2D eigenvalue weighted by molar-refractivity contribution is 8.12. The van der Waals surface area contributed by atoms with Gasteiger partial charge >= 0.3 is 0 Å². The molecule has 15 heavy (non-hydrogen) atoms. The Hall–Kier alpha value is -1.05. The van der Waals surface area contributed by atoms with Crippen LogP contribution in [0.1, 0.15) is 0 Å². The quantitative estimate of drug-likeness (QED) is 0.833. The third-order valence-electron chi connectivity index (χ3n) is 1.92. The SMILES string of the molecule is NS(=O)(=O)c1ccc(N2CSC=N2)cc1. The molecule has 0 bridgehead atoms. The summed E-state index contributed by atoms with van der Waals surface area (Å²) in [5, 5.41) is 10.8. The lowest BCUT2D eigenvalue weighted by Gasteiger charge is -2.12. The van der Waals surface area contributed by atoms with Gasteiger partial charge in [0, 0.05) is 0 Å². The molecule has 1 aromatic carbocycles. The van der Waals surface area contributed by atoms with Crippen LogP contribution in [0.15, 0.2) is 34.3 Å². The number of primary sulfonamides is 1. The molecule has 0 fully saturated rings. The lowest BCUT2D eigenvalue weighted by atomic mass is 10.3. The van der Waals surface area contributed by atoms with Gasteiger partial charge in [-0.05, 0) is 24.3 Å². The average molecular weight is 243 g/mol. The zero-order chi connectivity index (χ0) is 10.9. The molecule has 0 saturated carbocycles. The Balaban J connectivity index is 2.28. The number of hydrogen-bond donors (Lipinski definition) is 1. The van der Waals surface area contributed by atoms with Crippen molar-refractivity contribution in [2.75, 3.05) is 10.9 Å². The van der Waals surface area contributed by atoms with Crippen LogP contribution in [0.3, 0.4) is 0 Å². The summed E-state index contributed by atoms with van der Waals surface area (Å²) in [6, 6.07) is 6.32. The molecule has 0 amide bonds. The second-order valence-corrected chi connectivity index (χ2v) is 5.32. The third-order valence-corrected chi connectivity index (χ3v) is 3.49. The molecule has 1 aliphatic rings. The fourth-order valence-corrected chi connectivity index (χ4v) is 2.30. The molecule has 0 spiro atoms. The van der Waals surface area contributed by atoms with Gasteiger partial charge in [-0.25, -0.2) is 13.6 Å². The molecule has 0 unspecified atom stereocenters. The normalized spacial score (nSPS) is 15.9. The van der Waals surface area contributed by atoms with Crippen molar-refractivity contribution in [2.45, 2.75) is 4.90 Å². The summed E-state index contributed by atoms with van der Waals surface area (Å²) < 4.78 is 22.0. The van der Waals surface area contributed by atoms with Crippen LogP contribution < -0.4 is 10.1 Å². The maximum Gasteiger partial charge on any atom is 0.238 e. The largest absolute Gasteiger partial charge is 0.255 e. The molecule has 7 heteroatoms. The fourth-order valence-electron chi connectivity index (χ4n) is 1.18. The number of benzene rings is 1. The van der Waals surface area contributed by atoms with Gasteiger partial charge in [0.1, 0.15) is 0 Å². The van der Waals surface area contributed by atoms with E-state index in [-0.39, 0.29) is 4.90 Å². The van der Waals surface area contributed by atoms with Crippen LogP contribution in [0.4, 0.5) is 5.69 Å². The Morgan fingerprint density at radius 2 is 2.00 bits per heavy atom. The summed E-state index contributed by atoms with van der Waals surface area (Å²) in [6.07, 6.45) is 0. The minimum absolute atomic E-state index is 0.113. The number of sulfonamides is 1. The van der Waals surface area contributed by atoms with Crippen LogP contribution in [0.25, 0.3) is 0 Å². The van der Waals surface area contributed by atoms with E-state index >= 15 is 0 Å². The van der Waals surface area contributed by atoms with Gasteiger partial charge < -0.3 is 0 Å². The van der Waals surface area contributed by atoms with E-state index in [0.717, 1.165) is 11.6 Å². The van der Waals surface area contributed by atoms with E-state index in [4.69, 9.17) is 5.14 Å². The molecule has 0 atom stereocenters. The lowest BCUT2D eigenvalue weighted by Crippen LogP contribution is -2.13. The smallest absolute Gasteiger partial charge is 0.238 e. The van der Waals surface area contributed by atoms with Gasteiger partial charge in [0.2, 0.25) is 10.0 Å². The van der Waals surface area contributed by atoms with Crippen LogP contribution in [0.5, 0.6) is 0 Å². The molecule has 1 aromatic rings. The molecule has 0 radical (unpaired) electrons. The van der Waals surface area contributed by atoms with Crippen molar-refractivity contribution in [2.24, 2.45) is 10.2 Å². The molecule has 80 valence electrons. The summed E-state index contributed by atoms with van der Waals surface area (Å²) in [4.78, 5) is 0.113. The van der Waals surface area contributed by atoms with Gasteiger partial charge in [-0.1, -0.05) is 11.8 Å². The van der Waals surface area contributed by atoms with Crippen LogP contribution in [0, 0.1) is 0 Å². The topological polar surface area (TPSA) is 75.8 Å². The first-order valence-corrected chi connectivity index (χ1v) is 6.71. The molecule has 2 rings (SSSR count). The Bertz CT molecular complexity index is 481. The lowest BCUT2D eigenvalue weighted by molar-refractivity contribution is 0.598. The van der Waals surface area contributed by atoms with E-state index in [1.165, 1.54) is 12.1 Å². The highest BCUT2D eigenvalue weighted by atomic mass is 32.2. The minimum Gasteiger partial charge on any atom is -0.255 e. The van der Waals surface area contributed by atoms with E-state index in [9.17, 15) is 8.42 Å². The van der Waals surface area contributed by atoms with E-state index in [0.29, 0.717) is 0 Å². The minimum atomic E-state index is -3.61. The van der Waals surface area contributed by atoms with Gasteiger partial charge in [-0.15, -0.1) is 0 Å². The molecule has 0 saturated heterocycles. The summed E-state index contributed by atoms with van der Waals surface area (Å²) in [5.74, 6) is 0.745. The summed E-state index contributed by atoms with van der Waals surface area (Å²) >= 11 is 1.58. The Morgan fingerprint density at radius 3 is 2.47 bits per heavy atom. The Kier molecular flexibility index (Phi) is 2.68. The summed E-state index contributed by atoms with van der Waals surface area (Å²) in [5.41, 5.74) is 2.59. The highest BCUT2D eigenvalue weighted by Crippen LogP contribution is 2.22. The zero-order valence-electron chi connectivity index (χ0n) is 7.70. The molecule has 5 nitrogen and oxygen atoms in total. The highest BCUT2D eigenvalue weighted by Gasteiger charge is 2.11. The molecule has 1 heterocycles. The second-order valence-electron chi connectivity index (χ2n) is 2.96. The summed E-state index contributed by atoms with van der Waals surface area (Å²) in [6.45, 7) is 0. The average Bonchev–Trinajstić information content (AvgIpc) is 2.69. The predicted molar refractivity (Wildman–Crippen MR) is 61.2 cm³/mol. The van der Waals surface area contributed by atoms with Crippen molar-refractivity contribution in [3.05, 3.63) is 24.3 Å². The monoisotopic (exact) mass is 243 g/mol. The second kappa shape index (κ2) is 3.84. The number of thioether (sulfide) groups is 1. The van der Waals surface area contributed by atoms with Gasteiger partial charge in [0.05, 0.1) is 22.0 Å². The van der Waals surface area contributed by atoms with Crippen molar-refractivity contribution in [1.29, 1.82) is 0 Å². The van der Waals surface area contributed by atoms with Crippen molar-refractivity contribution in [3.63, 3.8) is 0 Å². The predicted octanol–water partition coefficient (Wildman–Crippen LogP) is 0.788. The van der Waals surface area contributed by atoms with Crippen LogP contribution in [0.2, 0.25) is 0 Å². The van der Waals surface area contributed by atoms with Crippen molar-refractivity contribution in [3.8, 4) is 0 Å². The van der Waals surface area contributed by atoms with E-state index in [1.807, 2.05) is 0 Å². The van der Waals surface area contributed by atoms with Gasteiger partial charge in [-0.3, -0.25) is 5.01 Å². The van der Waals surface area contributed by atoms with E-state index in [1.54, 1.807) is 34.5 Å².